The molecular weight excluding hydrogens is 427 g/mol. The Morgan fingerprint density at radius 2 is 1.91 bits per heavy atom. The second-order valence-electron chi connectivity index (χ2n) is 7.15. The first-order chi connectivity index (χ1) is 15.5. The van der Waals surface area contributed by atoms with Gasteiger partial charge in [0, 0.05) is 23.0 Å². The molecule has 0 aliphatic carbocycles. The van der Waals surface area contributed by atoms with Gasteiger partial charge in [-0.3, -0.25) is 0 Å². The van der Waals surface area contributed by atoms with Crippen molar-refractivity contribution in [2.24, 2.45) is 4.99 Å². The molecule has 0 saturated heterocycles. The van der Waals surface area contributed by atoms with Crippen molar-refractivity contribution in [1.82, 2.24) is 15.1 Å². The third-order valence-corrected chi connectivity index (χ3v) is 5.68. The summed E-state index contributed by atoms with van der Waals surface area (Å²) in [5.41, 5.74) is 4.07. The summed E-state index contributed by atoms with van der Waals surface area (Å²) < 4.78 is 20.7. The Bertz CT molecular complexity index is 1190. The average molecular weight is 451 g/mol. The van der Waals surface area contributed by atoms with E-state index in [1.54, 1.807) is 23.7 Å². The third kappa shape index (κ3) is 4.31. The van der Waals surface area contributed by atoms with E-state index < -0.39 is 12.0 Å². The number of amidine groups is 1. The molecule has 32 heavy (non-hydrogen) atoms. The molecular formula is C24H23FN4O2S. The number of carbonyl (C=O) groups is 1. The van der Waals surface area contributed by atoms with E-state index in [1.807, 2.05) is 49.7 Å². The number of nitrogens with one attached hydrogen (secondary N) is 1. The fourth-order valence-corrected chi connectivity index (χ4v) is 4.05. The molecule has 0 spiro atoms. The third-order valence-electron chi connectivity index (χ3n) is 5.08. The van der Waals surface area contributed by atoms with Crippen LogP contribution in [-0.2, 0) is 9.53 Å². The normalized spacial score (nSPS) is 15.9. The lowest BCUT2D eigenvalue weighted by Crippen LogP contribution is -2.30. The Morgan fingerprint density at radius 3 is 2.56 bits per heavy atom. The van der Waals surface area contributed by atoms with E-state index in [-0.39, 0.29) is 12.4 Å². The van der Waals surface area contributed by atoms with Crippen molar-refractivity contribution in [3.8, 4) is 16.9 Å². The van der Waals surface area contributed by atoms with E-state index in [4.69, 9.17) is 14.8 Å². The van der Waals surface area contributed by atoms with Crippen LogP contribution in [0.5, 0.6) is 0 Å². The zero-order chi connectivity index (χ0) is 22.7. The minimum absolute atomic E-state index is 0.259. The molecule has 0 amide bonds. The van der Waals surface area contributed by atoms with Crippen molar-refractivity contribution >= 4 is 22.9 Å². The number of benzene rings is 2. The van der Waals surface area contributed by atoms with E-state index in [0.29, 0.717) is 22.1 Å². The molecule has 1 N–H and O–H groups in total. The quantitative estimate of drug-likeness (QED) is 0.561. The fourth-order valence-electron chi connectivity index (χ4n) is 3.58. The summed E-state index contributed by atoms with van der Waals surface area (Å²) in [5, 5.41) is 8.66. The predicted octanol–water partition coefficient (Wildman–Crippen LogP) is 4.88. The number of aliphatic imine (C=N–C) groups is 1. The average Bonchev–Trinajstić information content (AvgIpc) is 3.25. The van der Waals surface area contributed by atoms with Crippen LogP contribution in [0.3, 0.4) is 0 Å². The molecule has 1 unspecified atom stereocenters. The minimum atomic E-state index is -0.615. The SMILES string of the molecule is CCOC(=O)C1=C(C)NC(SC)=NC1c1cn(-c2ccccc2)nc1-c1ccc(F)cc1. The maximum absolute atomic E-state index is 13.6. The lowest BCUT2D eigenvalue weighted by atomic mass is 9.94. The second-order valence-corrected chi connectivity index (χ2v) is 7.94. The summed E-state index contributed by atoms with van der Waals surface area (Å²) in [4.78, 5) is 17.7. The molecule has 1 aromatic heterocycles. The lowest BCUT2D eigenvalue weighted by molar-refractivity contribution is -0.138. The molecule has 2 heterocycles. The molecule has 0 radical (unpaired) electrons. The van der Waals surface area contributed by atoms with E-state index in [0.717, 1.165) is 16.8 Å². The van der Waals surface area contributed by atoms with Gasteiger partial charge in [0.1, 0.15) is 11.9 Å². The Morgan fingerprint density at radius 1 is 1.19 bits per heavy atom. The largest absolute Gasteiger partial charge is 0.463 e. The van der Waals surface area contributed by atoms with Gasteiger partial charge in [-0.05, 0) is 56.5 Å². The number of rotatable bonds is 5. The molecule has 6 nitrogen and oxygen atoms in total. The summed E-state index contributed by atoms with van der Waals surface area (Å²) in [6.45, 7) is 3.87. The van der Waals surface area contributed by atoms with Gasteiger partial charge in [-0.25, -0.2) is 18.9 Å². The monoisotopic (exact) mass is 450 g/mol. The van der Waals surface area contributed by atoms with Crippen LogP contribution in [-0.4, -0.2) is 33.8 Å². The number of hydrogen-bond acceptors (Lipinski definition) is 6. The molecule has 0 fully saturated rings. The van der Waals surface area contributed by atoms with E-state index >= 15 is 0 Å². The zero-order valence-corrected chi connectivity index (χ0v) is 18.8. The smallest absolute Gasteiger partial charge is 0.338 e. The van der Waals surface area contributed by atoms with Crippen molar-refractivity contribution in [1.29, 1.82) is 0 Å². The molecule has 3 aromatic rings. The van der Waals surface area contributed by atoms with Crippen LogP contribution in [0.4, 0.5) is 4.39 Å². The van der Waals surface area contributed by atoms with Gasteiger partial charge >= 0.3 is 5.97 Å². The van der Waals surface area contributed by atoms with Gasteiger partial charge in [0.25, 0.3) is 0 Å². The molecule has 8 heteroatoms. The fraction of sp³-hybridized carbons (Fsp3) is 0.208. The predicted molar refractivity (Wildman–Crippen MR) is 125 cm³/mol. The Kier molecular flexibility index (Phi) is 6.41. The molecule has 1 atom stereocenters. The second kappa shape index (κ2) is 9.40. The highest BCUT2D eigenvalue weighted by Gasteiger charge is 2.33. The highest BCUT2D eigenvalue weighted by molar-refractivity contribution is 8.13. The van der Waals surface area contributed by atoms with Gasteiger partial charge in [-0.15, -0.1) is 0 Å². The number of aromatic nitrogens is 2. The maximum Gasteiger partial charge on any atom is 0.338 e. The van der Waals surface area contributed by atoms with Crippen molar-refractivity contribution < 1.29 is 13.9 Å². The molecule has 0 bridgehead atoms. The van der Waals surface area contributed by atoms with E-state index in [2.05, 4.69) is 5.32 Å². The number of allylic oxidation sites excluding steroid dienone is 1. The van der Waals surface area contributed by atoms with Crippen LogP contribution in [0.25, 0.3) is 16.9 Å². The molecule has 0 saturated carbocycles. The number of esters is 1. The summed E-state index contributed by atoms with van der Waals surface area (Å²) in [7, 11) is 0. The van der Waals surface area contributed by atoms with Crippen molar-refractivity contribution in [3.05, 3.63) is 83.4 Å². The molecule has 1 aliphatic rings. The number of carbonyl (C=O) groups excluding carboxylic acids is 1. The topological polar surface area (TPSA) is 68.5 Å². The Balaban J connectivity index is 1.92. The number of hydrogen-bond donors (Lipinski definition) is 1. The van der Waals surface area contributed by atoms with Crippen LogP contribution in [0, 0.1) is 5.82 Å². The summed E-state index contributed by atoms with van der Waals surface area (Å²) >= 11 is 1.46. The summed E-state index contributed by atoms with van der Waals surface area (Å²) in [5.74, 6) is -0.755. The van der Waals surface area contributed by atoms with Gasteiger partial charge in [0.05, 0.1) is 23.6 Å². The van der Waals surface area contributed by atoms with Gasteiger partial charge in [0.15, 0.2) is 5.17 Å². The highest BCUT2D eigenvalue weighted by Crippen LogP contribution is 2.38. The highest BCUT2D eigenvalue weighted by atomic mass is 32.2. The van der Waals surface area contributed by atoms with Gasteiger partial charge < -0.3 is 10.1 Å². The zero-order valence-electron chi connectivity index (χ0n) is 18.0. The maximum atomic E-state index is 13.6. The first-order valence-electron chi connectivity index (χ1n) is 10.2. The number of para-hydroxylation sites is 1. The van der Waals surface area contributed by atoms with Crippen molar-refractivity contribution in [2.75, 3.05) is 12.9 Å². The van der Waals surface area contributed by atoms with Crippen LogP contribution in [0.1, 0.15) is 25.5 Å². The van der Waals surface area contributed by atoms with Crippen LogP contribution in [0.2, 0.25) is 0 Å². The molecule has 1 aliphatic heterocycles. The standard InChI is InChI=1S/C24H23FN4O2S/c1-4-31-23(30)20-15(2)26-24(32-3)27-22(20)19-14-29(18-8-6-5-7-9-18)28-21(19)16-10-12-17(25)13-11-16/h5-14,22H,4H2,1-3H3,(H,26,27). The Labute approximate surface area is 190 Å². The van der Waals surface area contributed by atoms with Crippen LogP contribution in [0.15, 0.2) is 77.1 Å². The lowest BCUT2D eigenvalue weighted by Gasteiger charge is -2.25. The number of halogens is 1. The van der Waals surface area contributed by atoms with Crippen LogP contribution < -0.4 is 5.32 Å². The molecule has 2 aromatic carbocycles. The number of thioether (sulfide) groups is 1. The van der Waals surface area contributed by atoms with E-state index in [9.17, 15) is 9.18 Å². The Hall–Kier alpha value is -3.39. The number of nitrogens with zero attached hydrogens (tertiary/aromatic N) is 3. The summed E-state index contributed by atoms with van der Waals surface area (Å²) in [6, 6.07) is 15.2. The molecule has 4 rings (SSSR count). The van der Waals surface area contributed by atoms with Gasteiger partial charge in [-0.1, -0.05) is 30.0 Å². The van der Waals surface area contributed by atoms with Crippen LogP contribution >= 0.6 is 11.8 Å². The van der Waals surface area contributed by atoms with E-state index in [1.165, 1.54) is 23.9 Å². The number of ether oxygens (including phenoxy) is 1. The first-order valence-corrected chi connectivity index (χ1v) is 11.4. The van der Waals surface area contributed by atoms with Crippen molar-refractivity contribution in [2.45, 2.75) is 19.9 Å². The molecule has 164 valence electrons. The summed E-state index contributed by atoms with van der Waals surface area (Å²) in [6.07, 6.45) is 3.79. The first kappa shape index (κ1) is 21.8. The minimum Gasteiger partial charge on any atom is -0.463 e. The van der Waals surface area contributed by atoms with Gasteiger partial charge in [0.2, 0.25) is 0 Å². The van der Waals surface area contributed by atoms with Gasteiger partial charge in [-0.2, -0.15) is 5.10 Å². The van der Waals surface area contributed by atoms with Crippen molar-refractivity contribution in [3.63, 3.8) is 0 Å².